The molecule has 0 radical (unpaired) electrons. The summed E-state index contributed by atoms with van der Waals surface area (Å²) in [7, 11) is 5.60. The number of rotatable bonds is 8. The Kier molecular flexibility index (Phi) is 11.9. The molecule has 3 rings (SSSR count). The van der Waals surface area contributed by atoms with Gasteiger partial charge in [0.05, 0.1) is 12.2 Å². The van der Waals surface area contributed by atoms with Crippen LogP contribution in [0.1, 0.15) is 60.5 Å². The van der Waals surface area contributed by atoms with E-state index in [9.17, 15) is 0 Å². The van der Waals surface area contributed by atoms with E-state index in [1.54, 1.807) is 18.4 Å². The zero-order valence-electron chi connectivity index (χ0n) is 19.8. The molecule has 1 fully saturated rings. The van der Waals surface area contributed by atoms with Gasteiger partial charge in [0.2, 0.25) is 0 Å². The first-order valence-corrected chi connectivity index (χ1v) is 12.2. The highest BCUT2D eigenvalue weighted by atomic mass is 127. The zero-order valence-corrected chi connectivity index (χ0v) is 23.0. The average molecular weight is 572 g/mol. The molecule has 178 valence electrons. The van der Waals surface area contributed by atoms with Crippen molar-refractivity contribution in [2.45, 2.75) is 58.3 Å². The van der Waals surface area contributed by atoms with Gasteiger partial charge >= 0.3 is 0 Å². The van der Waals surface area contributed by atoms with E-state index < -0.39 is 0 Å². The van der Waals surface area contributed by atoms with Crippen molar-refractivity contribution in [3.8, 4) is 0 Å². The van der Waals surface area contributed by atoms with E-state index in [0.717, 1.165) is 29.8 Å². The zero-order chi connectivity index (χ0) is 22.1. The maximum Gasteiger partial charge on any atom is 0.194 e. The minimum Gasteiger partial charge on any atom is -0.375 e. The molecule has 1 aliphatic heterocycles. The first kappa shape index (κ1) is 27.0. The van der Waals surface area contributed by atoms with Gasteiger partial charge in [0.25, 0.3) is 0 Å². The van der Waals surface area contributed by atoms with Crippen LogP contribution in [0.5, 0.6) is 0 Å². The standard InChI is InChI=1S/C24H37N5OS.HI/c1-19(30-4)23-27-22(18-31-23)17-28(3)24(25-2)26-15-20-11-7-8-12-21(20)16-29-13-9-5-6-10-14-29;/h7-8,11-12,18-19H,5-6,9-10,13-17H2,1-4H3,(H,25,26);1H. The quantitative estimate of drug-likeness (QED) is 0.273. The Balaban J connectivity index is 0.00000363. The number of aromatic nitrogens is 1. The van der Waals surface area contributed by atoms with Crippen LogP contribution in [0.15, 0.2) is 34.6 Å². The molecule has 6 nitrogen and oxygen atoms in total. The summed E-state index contributed by atoms with van der Waals surface area (Å²) in [6.07, 6.45) is 5.40. The molecule has 32 heavy (non-hydrogen) atoms. The average Bonchev–Trinajstić information content (AvgIpc) is 3.09. The van der Waals surface area contributed by atoms with Gasteiger partial charge in [-0.05, 0) is 44.0 Å². The number of thiazole rings is 1. The third-order valence-electron chi connectivity index (χ3n) is 5.89. The Morgan fingerprint density at radius 1 is 1.22 bits per heavy atom. The van der Waals surface area contributed by atoms with Crippen LogP contribution in [-0.2, 0) is 24.4 Å². The SMILES string of the molecule is CN=C(NCc1ccccc1CN1CCCCCC1)N(C)Cc1csc(C(C)OC)n1.I. The maximum atomic E-state index is 5.38. The van der Waals surface area contributed by atoms with Crippen molar-refractivity contribution < 1.29 is 4.74 Å². The van der Waals surface area contributed by atoms with Gasteiger partial charge in [0.15, 0.2) is 5.96 Å². The molecule has 1 aromatic carbocycles. The van der Waals surface area contributed by atoms with E-state index >= 15 is 0 Å². The van der Waals surface area contributed by atoms with Crippen LogP contribution < -0.4 is 5.32 Å². The summed E-state index contributed by atoms with van der Waals surface area (Å²) in [5.74, 6) is 0.874. The van der Waals surface area contributed by atoms with E-state index in [1.807, 2.05) is 14.0 Å². The van der Waals surface area contributed by atoms with E-state index in [1.165, 1.54) is 49.9 Å². The van der Waals surface area contributed by atoms with Gasteiger partial charge in [-0.1, -0.05) is 37.1 Å². The van der Waals surface area contributed by atoms with Crippen molar-refractivity contribution >= 4 is 41.3 Å². The number of likely N-dealkylation sites (tertiary alicyclic amines) is 1. The Hall–Kier alpha value is -1.23. The van der Waals surface area contributed by atoms with Crippen LogP contribution in [0.25, 0.3) is 0 Å². The van der Waals surface area contributed by atoms with E-state index in [2.05, 4.69) is 56.8 Å². The fourth-order valence-electron chi connectivity index (χ4n) is 3.98. The molecule has 0 aliphatic carbocycles. The summed E-state index contributed by atoms with van der Waals surface area (Å²) in [6, 6.07) is 8.77. The van der Waals surface area contributed by atoms with E-state index in [4.69, 9.17) is 9.72 Å². The summed E-state index contributed by atoms with van der Waals surface area (Å²) >= 11 is 1.65. The smallest absolute Gasteiger partial charge is 0.194 e. The molecule has 1 N–H and O–H groups in total. The maximum absolute atomic E-state index is 5.38. The van der Waals surface area contributed by atoms with Crippen molar-refractivity contribution in [3.63, 3.8) is 0 Å². The van der Waals surface area contributed by atoms with Gasteiger partial charge in [-0.15, -0.1) is 35.3 Å². The minimum absolute atomic E-state index is 0. The molecule has 0 amide bonds. The predicted octanol–water partition coefficient (Wildman–Crippen LogP) is 5.05. The number of nitrogens with one attached hydrogen (secondary N) is 1. The van der Waals surface area contributed by atoms with Crippen LogP contribution in [0, 0.1) is 0 Å². The van der Waals surface area contributed by atoms with Gasteiger partial charge in [-0.2, -0.15) is 0 Å². The highest BCUT2D eigenvalue weighted by Gasteiger charge is 2.14. The third kappa shape index (κ3) is 7.97. The molecule has 8 heteroatoms. The lowest BCUT2D eigenvalue weighted by Gasteiger charge is -2.24. The van der Waals surface area contributed by atoms with Crippen LogP contribution in [0.4, 0.5) is 0 Å². The Bertz CT molecular complexity index is 835. The number of halogens is 1. The first-order chi connectivity index (χ1) is 15.1. The Morgan fingerprint density at radius 2 is 1.91 bits per heavy atom. The second-order valence-corrected chi connectivity index (χ2v) is 9.16. The molecule has 0 spiro atoms. The summed E-state index contributed by atoms with van der Waals surface area (Å²) in [4.78, 5) is 13.9. The monoisotopic (exact) mass is 571 g/mol. The van der Waals surface area contributed by atoms with Crippen LogP contribution >= 0.6 is 35.3 Å². The number of methoxy groups -OCH3 is 1. The summed E-state index contributed by atoms with van der Waals surface area (Å²) < 4.78 is 5.38. The lowest BCUT2D eigenvalue weighted by atomic mass is 10.1. The molecular weight excluding hydrogens is 533 g/mol. The molecule has 1 aliphatic rings. The fourth-order valence-corrected chi connectivity index (χ4v) is 4.82. The van der Waals surface area contributed by atoms with Gasteiger partial charge in [0.1, 0.15) is 11.1 Å². The number of hydrogen-bond acceptors (Lipinski definition) is 5. The molecule has 2 heterocycles. The largest absolute Gasteiger partial charge is 0.375 e. The fraction of sp³-hybridized carbons (Fsp3) is 0.583. The van der Waals surface area contributed by atoms with Crippen LogP contribution in [-0.4, -0.2) is 55.0 Å². The Morgan fingerprint density at radius 3 is 2.56 bits per heavy atom. The topological polar surface area (TPSA) is 53.0 Å². The number of ether oxygens (including phenoxy) is 1. The predicted molar refractivity (Wildman–Crippen MR) is 145 cm³/mol. The van der Waals surface area contributed by atoms with Crippen molar-refractivity contribution in [2.75, 3.05) is 34.3 Å². The molecule has 1 saturated heterocycles. The van der Waals surface area contributed by atoms with Crippen LogP contribution in [0.2, 0.25) is 0 Å². The molecular formula is C24H38IN5OS. The number of nitrogens with zero attached hydrogens (tertiary/aromatic N) is 4. The van der Waals surface area contributed by atoms with Crippen molar-refractivity contribution in [1.82, 2.24) is 20.1 Å². The van der Waals surface area contributed by atoms with Gasteiger partial charge in [-0.25, -0.2) is 4.98 Å². The summed E-state index contributed by atoms with van der Waals surface area (Å²) in [6.45, 7) is 6.96. The molecule has 1 unspecified atom stereocenters. The number of guanidine groups is 1. The van der Waals surface area contributed by atoms with Gasteiger partial charge in [-0.3, -0.25) is 9.89 Å². The summed E-state index contributed by atoms with van der Waals surface area (Å²) in [5, 5.41) is 6.66. The lowest BCUT2D eigenvalue weighted by molar-refractivity contribution is 0.119. The molecule has 1 atom stereocenters. The summed E-state index contributed by atoms with van der Waals surface area (Å²) in [5.41, 5.74) is 3.79. The second-order valence-electron chi connectivity index (χ2n) is 8.27. The van der Waals surface area contributed by atoms with Crippen molar-refractivity contribution in [2.24, 2.45) is 4.99 Å². The number of benzene rings is 1. The molecule has 2 aromatic rings. The molecule has 1 aromatic heterocycles. The van der Waals surface area contributed by atoms with Crippen LogP contribution in [0.3, 0.4) is 0 Å². The highest BCUT2D eigenvalue weighted by molar-refractivity contribution is 14.0. The lowest BCUT2D eigenvalue weighted by Crippen LogP contribution is -2.38. The minimum atomic E-state index is 0. The third-order valence-corrected chi connectivity index (χ3v) is 6.95. The number of hydrogen-bond donors (Lipinski definition) is 1. The highest BCUT2D eigenvalue weighted by Crippen LogP contribution is 2.21. The number of aliphatic imine (C=N–C) groups is 1. The van der Waals surface area contributed by atoms with E-state index in [-0.39, 0.29) is 30.1 Å². The van der Waals surface area contributed by atoms with Gasteiger partial charge < -0.3 is 15.0 Å². The van der Waals surface area contributed by atoms with Crippen molar-refractivity contribution in [3.05, 3.63) is 51.5 Å². The molecule has 0 saturated carbocycles. The second kappa shape index (κ2) is 14.1. The van der Waals surface area contributed by atoms with Gasteiger partial charge in [0, 0.05) is 39.7 Å². The molecule has 0 bridgehead atoms. The Labute approximate surface area is 214 Å². The van der Waals surface area contributed by atoms with Crippen molar-refractivity contribution in [1.29, 1.82) is 0 Å². The first-order valence-electron chi connectivity index (χ1n) is 11.3. The van der Waals surface area contributed by atoms with E-state index in [0.29, 0.717) is 6.54 Å². The normalized spacial score (nSPS) is 16.2.